The smallest absolute Gasteiger partial charge is 0.239 e. The summed E-state index contributed by atoms with van der Waals surface area (Å²) in [6.45, 7) is 11.0. The third-order valence-electron chi connectivity index (χ3n) is 6.09. The number of nitrogens with zero attached hydrogens (tertiary/aromatic N) is 3. The fourth-order valence-corrected chi connectivity index (χ4v) is 6.11. The largest absolute Gasteiger partial charge is 0.310 e. The highest BCUT2D eigenvalue weighted by atomic mass is 32.2. The van der Waals surface area contributed by atoms with Gasteiger partial charge in [0.25, 0.3) is 0 Å². The lowest BCUT2D eigenvalue weighted by atomic mass is 9.77. The summed E-state index contributed by atoms with van der Waals surface area (Å²) in [5.41, 5.74) is 1.09. The number of anilines is 1. The Morgan fingerprint density at radius 2 is 2.00 bits per heavy atom. The zero-order valence-electron chi connectivity index (χ0n) is 17.6. The SMILES string of the molecule is Cc1cc(NC(=O)CN2CCCC(C(C)(C)C)CC2)n(C2CCS(=O)(=O)C2)n1. The first-order valence-electron chi connectivity index (χ1n) is 10.3. The van der Waals surface area contributed by atoms with Gasteiger partial charge in [0, 0.05) is 6.07 Å². The van der Waals surface area contributed by atoms with Crippen molar-refractivity contribution in [2.45, 2.75) is 59.4 Å². The number of amides is 1. The second-order valence-electron chi connectivity index (χ2n) is 9.49. The number of aromatic nitrogens is 2. The van der Waals surface area contributed by atoms with Gasteiger partial charge >= 0.3 is 0 Å². The Morgan fingerprint density at radius 3 is 2.64 bits per heavy atom. The van der Waals surface area contributed by atoms with E-state index in [0.717, 1.165) is 31.6 Å². The van der Waals surface area contributed by atoms with Crippen LogP contribution in [0.3, 0.4) is 0 Å². The lowest BCUT2D eigenvalue weighted by Crippen LogP contribution is -2.35. The summed E-state index contributed by atoms with van der Waals surface area (Å²) in [6.07, 6.45) is 4.00. The topological polar surface area (TPSA) is 84.3 Å². The maximum atomic E-state index is 12.7. The van der Waals surface area contributed by atoms with Crippen molar-refractivity contribution in [1.82, 2.24) is 14.7 Å². The molecule has 2 saturated heterocycles. The molecule has 0 saturated carbocycles. The summed E-state index contributed by atoms with van der Waals surface area (Å²) >= 11 is 0. The summed E-state index contributed by atoms with van der Waals surface area (Å²) in [5.74, 6) is 1.52. The predicted molar refractivity (Wildman–Crippen MR) is 111 cm³/mol. The van der Waals surface area contributed by atoms with Crippen molar-refractivity contribution in [3.05, 3.63) is 11.8 Å². The van der Waals surface area contributed by atoms with Crippen LogP contribution in [0, 0.1) is 18.3 Å². The average molecular weight is 411 g/mol. The van der Waals surface area contributed by atoms with Gasteiger partial charge in [0.2, 0.25) is 5.91 Å². The molecule has 158 valence electrons. The van der Waals surface area contributed by atoms with E-state index in [1.807, 2.05) is 13.0 Å². The summed E-state index contributed by atoms with van der Waals surface area (Å²) in [4.78, 5) is 14.9. The fourth-order valence-electron chi connectivity index (χ4n) is 4.42. The number of hydrogen-bond acceptors (Lipinski definition) is 5. The first-order chi connectivity index (χ1) is 13.0. The molecule has 2 atom stereocenters. The molecule has 2 aliphatic rings. The third kappa shape index (κ3) is 5.35. The lowest BCUT2D eigenvalue weighted by Gasteiger charge is -2.29. The summed E-state index contributed by atoms with van der Waals surface area (Å²) in [7, 11) is -3.01. The van der Waals surface area contributed by atoms with Gasteiger partial charge in [-0.3, -0.25) is 9.69 Å². The Kier molecular flexibility index (Phi) is 6.20. The van der Waals surface area contributed by atoms with E-state index in [4.69, 9.17) is 0 Å². The molecule has 0 spiro atoms. The minimum absolute atomic E-state index is 0.0591. The standard InChI is InChI=1S/C20H34N4O3S/c1-15-12-18(24(22-15)17-8-11-28(26,27)14-17)21-19(25)13-23-9-5-6-16(7-10-23)20(2,3)4/h12,16-17H,5-11,13-14H2,1-4H3,(H,21,25). The predicted octanol–water partition coefficient (Wildman–Crippen LogP) is 2.64. The van der Waals surface area contributed by atoms with Crippen LogP contribution < -0.4 is 5.32 Å². The maximum absolute atomic E-state index is 12.7. The van der Waals surface area contributed by atoms with E-state index < -0.39 is 9.84 Å². The molecule has 28 heavy (non-hydrogen) atoms. The van der Waals surface area contributed by atoms with Crippen LogP contribution >= 0.6 is 0 Å². The molecule has 2 fully saturated rings. The first kappa shape index (κ1) is 21.3. The second-order valence-corrected chi connectivity index (χ2v) is 11.7. The monoisotopic (exact) mass is 410 g/mol. The van der Waals surface area contributed by atoms with Crippen molar-refractivity contribution in [3.63, 3.8) is 0 Å². The van der Waals surface area contributed by atoms with Crippen LogP contribution in [0.2, 0.25) is 0 Å². The van der Waals surface area contributed by atoms with E-state index in [1.54, 1.807) is 4.68 Å². The van der Waals surface area contributed by atoms with E-state index in [9.17, 15) is 13.2 Å². The number of likely N-dealkylation sites (tertiary alicyclic amines) is 1. The van der Waals surface area contributed by atoms with Crippen molar-refractivity contribution >= 4 is 21.6 Å². The summed E-state index contributed by atoms with van der Waals surface area (Å²) in [6, 6.07) is 1.63. The quantitative estimate of drug-likeness (QED) is 0.825. The van der Waals surface area contributed by atoms with Gasteiger partial charge in [-0.15, -0.1) is 0 Å². The maximum Gasteiger partial charge on any atom is 0.239 e. The fraction of sp³-hybridized carbons (Fsp3) is 0.800. The minimum Gasteiger partial charge on any atom is -0.310 e. The molecule has 3 heterocycles. The molecule has 1 N–H and O–H groups in total. The molecule has 1 aromatic rings. The number of aryl methyl sites for hydroxylation is 1. The molecule has 2 unspecified atom stereocenters. The van der Waals surface area contributed by atoms with Crippen LogP contribution in [-0.4, -0.2) is 60.1 Å². The van der Waals surface area contributed by atoms with Gasteiger partial charge in [-0.2, -0.15) is 5.10 Å². The molecule has 7 nitrogen and oxygen atoms in total. The van der Waals surface area contributed by atoms with Gasteiger partial charge in [-0.1, -0.05) is 20.8 Å². The zero-order chi connectivity index (χ0) is 20.5. The van der Waals surface area contributed by atoms with Crippen molar-refractivity contribution in [2.75, 3.05) is 36.5 Å². The van der Waals surface area contributed by atoms with Crippen LogP contribution in [0.1, 0.15) is 58.2 Å². The van der Waals surface area contributed by atoms with E-state index in [1.165, 1.54) is 6.42 Å². The Hall–Kier alpha value is -1.41. The third-order valence-corrected chi connectivity index (χ3v) is 7.84. The molecule has 1 amide bonds. The van der Waals surface area contributed by atoms with Gasteiger partial charge < -0.3 is 5.32 Å². The number of rotatable bonds is 4. The second kappa shape index (κ2) is 8.14. The highest BCUT2D eigenvalue weighted by Gasteiger charge is 2.32. The van der Waals surface area contributed by atoms with Crippen molar-refractivity contribution < 1.29 is 13.2 Å². The molecule has 0 bridgehead atoms. The van der Waals surface area contributed by atoms with Gasteiger partial charge in [0.05, 0.1) is 29.8 Å². The first-order valence-corrected chi connectivity index (χ1v) is 12.1. The molecule has 2 aliphatic heterocycles. The molecular formula is C20H34N4O3S. The number of carbonyl (C=O) groups is 1. The average Bonchev–Trinajstić information content (AvgIpc) is 2.99. The van der Waals surface area contributed by atoms with Gasteiger partial charge in [-0.05, 0) is 57.0 Å². The molecule has 1 aromatic heterocycles. The Balaban J connectivity index is 1.60. The van der Waals surface area contributed by atoms with Crippen LogP contribution in [0.5, 0.6) is 0 Å². The van der Waals surface area contributed by atoms with Crippen LogP contribution in [0.25, 0.3) is 0 Å². The van der Waals surface area contributed by atoms with Gasteiger partial charge in [0.15, 0.2) is 9.84 Å². The van der Waals surface area contributed by atoms with Crippen molar-refractivity contribution in [2.24, 2.45) is 11.3 Å². The zero-order valence-corrected chi connectivity index (χ0v) is 18.4. The van der Waals surface area contributed by atoms with E-state index in [-0.39, 0.29) is 23.5 Å². The van der Waals surface area contributed by atoms with Crippen LogP contribution in [0.15, 0.2) is 6.07 Å². The number of hydrogen-bond donors (Lipinski definition) is 1. The Morgan fingerprint density at radius 1 is 1.25 bits per heavy atom. The molecule has 8 heteroatoms. The van der Waals surface area contributed by atoms with E-state index in [2.05, 4.69) is 36.1 Å². The van der Waals surface area contributed by atoms with Crippen LogP contribution in [0.4, 0.5) is 5.82 Å². The van der Waals surface area contributed by atoms with Crippen LogP contribution in [-0.2, 0) is 14.6 Å². The Labute approximate surface area is 168 Å². The highest BCUT2D eigenvalue weighted by molar-refractivity contribution is 7.91. The molecule has 0 aliphatic carbocycles. The molecular weight excluding hydrogens is 376 g/mol. The normalized spacial score (nSPS) is 26.1. The Bertz CT molecular complexity index is 810. The number of sulfone groups is 1. The highest BCUT2D eigenvalue weighted by Crippen LogP contribution is 2.34. The number of nitrogens with one attached hydrogen (secondary N) is 1. The van der Waals surface area contributed by atoms with E-state index >= 15 is 0 Å². The van der Waals surface area contributed by atoms with Crippen molar-refractivity contribution in [1.29, 1.82) is 0 Å². The summed E-state index contributed by atoms with van der Waals surface area (Å²) in [5, 5.41) is 7.40. The lowest BCUT2D eigenvalue weighted by molar-refractivity contribution is -0.117. The van der Waals surface area contributed by atoms with Gasteiger partial charge in [-0.25, -0.2) is 13.1 Å². The molecule has 3 rings (SSSR count). The van der Waals surface area contributed by atoms with Gasteiger partial charge in [0.1, 0.15) is 5.82 Å². The minimum atomic E-state index is -3.01. The molecule has 0 radical (unpaired) electrons. The van der Waals surface area contributed by atoms with E-state index in [0.29, 0.717) is 30.1 Å². The number of carbonyl (C=O) groups excluding carboxylic acids is 1. The van der Waals surface area contributed by atoms with Crippen molar-refractivity contribution in [3.8, 4) is 0 Å². The summed E-state index contributed by atoms with van der Waals surface area (Å²) < 4.78 is 25.3. The molecule has 0 aromatic carbocycles.